The van der Waals surface area contributed by atoms with Crippen molar-refractivity contribution in [3.05, 3.63) is 46.6 Å². The van der Waals surface area contributed by atoms with Gasteiger partial charge in [-0.25, -0.2) is 0 Å². The molecule has 0 radical (unpaired) electrons. The fourth-order valence-corrected chi connectivity index (χ4v) is 2.85. The van der Waals surface area contributed by atoms with E-state index in [4.69, 9.17) is 21.4 Å². The molecule has 20 heavy (non-hydrogen) atoms. The second-order valence-electron chi connectivity index (χ2n) is 5.76. The molecule has 1 aliphatic rings. The quantitative estimate of drug-likeness (QED) is 0.865. The maximum Gasteiger partial charge on any atom is 0.231 e. The molecule has 1 heterocycles. The Kier molecular flexibility index (Phi) is 3.02. The Bertz CT molecular complexity index is 686. The molecule has 5 heteroatoms. The van der Waals surface area contributed by atoms with Gasteiger partial charge in [-0.05, 0) is 23.1 Å². The van der Waals surface area contributed by atoms with Gasteiger partial charge in [-0.3, -0.25) is 0 Å². The molecule has 0 aliphatic heterocycles. The van der Waals surface area contributed by atoms with E-state index in [1.807, 2.05) is 38.1 Å². The van der Waals surface area contributed by atoms with Gasteiger partial charge in [0.15, 0.2) is 5.82 Å². The summed E-state index contributed by atoms with van der Waals surface area (Å²) in [6.45, 7) is 4.10. The van der Waals surface area contributed by atoms with Crippen molar-refractivity contribution in [3.63, 3.8) is 0 Å². The van der Waals surface area contributed by atoms with E-state index >= 15 is 0 Å². The van der Waals surface area contributed by atoms with Crippen molar-refractivity contribution in [2.75, 3.05) is 0 Å². The lowest BCUT2D eigenvalue weighted by molar-refractivity contribution is 0.363. The van der Waals surface area contributed by atoms with Gasteiger partial charge >= 0.3 is 0 Å². The molecule has 0 saturated heterocycles. The standard InChI is InChI=1S/C15H14ClN3O/c1-15(2)11(8-17)13(15)14-18-12(19-20-14)7-9-4-3-5-10(16)6-9/h3-6,11,13H,7H2,1-2H3. The fraction of sp³-hybridized carbons (Fsp3) is 0.400. The molecule has 4 nitrogen and oxygen atoms in total. The number of nitrogens with zero attached hydrogens (tertiary/aromatic N) is 3. The van der Waals surface area contributed by atoms with Crippen molar-refractivity contribution in [1.82, 2.24) is 10.1 Å². The summed E-state index contributed by atoms with van der Waals surface area (Å²) in [5.74, 6) is 1.20. The average Bonchev–Trinajstić information content (AvgIpc) is 2.72. The Morgan fingerprint density at radius 3 is 2.90 bits per heavy atom. The molecule has 1 aromatic carbocycles. The molecule has 0 bridgehead atoms. The molecular formula is C15H14ClN3O. The lowest BCUT2D eigenvalue weighted by atomic mass is 10.1. The molecule has 102 valence electrons. The van der Waals surface area contributed by atoms with Gasteiger partial charge in [-0.1, -0.05) is 42.7 Å². The molecule has 3 rings (SSSR count). The van der Waals surface area contributed by atoms with Crippen LogP contribution in [0.1, 0.15) is 37.0 Å². The lowest BCUT2D eigenvalue weighted by Gasteiger charge is -1.97. The van der Waals surface area contributed by atoms with Crippen LogP contribution in [0, 0.1) is 22.7 Å². The number of benzene rings is 1. The van der Waals surface area contributed by atoms with Crippen molar-refractivity contribution in [2.24, 2.45) is 11.3 Å². The van der Waals surface area contributed by atoms with Crippen LogP contribution in [0.4, 0.5) is 0 Å². The van der Waals surface area contributed by atoms with E-state index in [0.29, 0.717) is 23.2 Å². The van der Waals surface area contributed by atoms with Crippen LogP contribution < -0.4 is 0 Å². The van der Waals surface area contributed by atoms with E-state index in [9.17, 15) is 0 Å². The Hall–Kier alpha value is -1.86. The molecule has 0 amide bonds. The maximum absolute atomic E-state index is 9.09. The summed E-state index contributed by atoms with van der Waals surface area (Å²) in [6, 6.07) is 9.89. The molecule has 2 aromatic rings. The average molecular weight is 288 g/mol. The number of rotatable bonds is 3. The minimum Gasteiger partial charge on any atom is -0.339 e. The van der Waals surface area contributed by atoms with Crippen LogP contribution in [0.3, 0.4) is 0 Å². The minimum absolute atomic E-state index is 0.0398. The predicted octanol–water partition coefficient (Wildman–Crippen LogP) is 3.58. The number of nitriles is 1. The van der Waals surface area contributed by atoms with E-state index in [2.05, 4.69) is 16.2 Å². The zero-order valence-corrected chi connectivity index (χ0v) is 12.1. The van der Waals surface area contributed by atoms with Crippen LogP contribution >= 0.6 is 11.6 Å². The zero-order chi connectivity index (χ0) is 14.3. The van der Waals surface area contributed by atoms with Crippen LogP contribution in [0.25, 0.3) is 0 Å². The smallest absolute Gasteiger partial charge is 0.231 e. The highest BCUT2D eigenvalue weighted by atomic mass is 35.5. The van der Waals surface area contributed by atoms with E-state index < -0.39 is 0 Å². The van der Waals surface area contributed by atoms with Crippen molar-refractivity contribution >= 4 is 11.6 Å². The van der Waals surface area contributed by atoms with E-state index in [0.717, 1.165) is 5.56 Å². The second kappa shape index (κ2) is 4.60. The van der Waals surface area contributed by atoms with Gasteiger partial charge in [-0.2, -0.15) is 10.2 Å². The Morgan fingerprint density at radius 2 is 2.25 bits per heavy atom. The summed E-state index contributed by atoms with van der Waals surface area (Å²) in [5, 5.41) is 13.8. The maximum atomic E-state index is 9.09. The van der Waals surface area contributed by atoms with Gasteiger partial charge < -0.3 is 4.52 Å². The third kappa shape index (κ3) is 2.19. The molecule has 2 atom stereocenters. The van der Waals surface area contributed by atoms with Gasteiger partial charge in [0, 0.05) is 11.4 Å². The monoisotopic (exact) mass is 287 g/mol. The van der Waals surface area contributed by atoms with Crippen molar-refractivity contribution in [3.8, 4) is 6.07 Å². The number of hydrogen-bond acceptors (Lipinski definition) is 4. The third-order valence-corrected chi connectivity index (χ3v) is 4.20. The summed E-state index contributed by atoms with van der Waals surface area (Å²) in [6.07, 6.45) is 0.578. The summed E-state index contributed by atoms with van der Waals surface area (Å²) in [4.78, 5) is 4.42. The predicted molar refractivity (Wildman–Crippen MR) is 74.2 cm³/mol. The first-order valence-electron chi connectivity index (χ1n) is 6.49. The Labute approximate surface area is 122 Å². The first-order chi connectivity index (χ1) is 9.52. The number of hydrogen-bond donors (Lipinski definition) is 0. The molecule has 0 N–H and O–H groups in total. The summed E-state index contributed by atoms with van der Waals surface area (Å²) in [7, 11) is 0. The topological polar surface area (TPSA) is 62.7 Å². The second-order valence-corrected chi connectivity index (χ2v) is 6.20. The van der Waals surface area contributed by atoms with E-state index in [1.165, 1.54) is 0 Å². The normalized spacial score (nSPS) is 23.3. The highest BCUT2D eigenvalue weighted by Crippen LogP contribution is 2.63. The summed E-state index contributed by atoms with van der Waals surface area (Å²) < 4.78 is 5.31. The highest BCUT2D eigenvalue weighted by molar-refractivity contribution is 6.30. The SMILES string of the molecule is CC1(C)C(C#N)C1c1nc(Cc2cccc(Cl)c2)no1. The van der Waals surface area contributed by atoms with Gasteiger partial charge in [0.25, 0.3) is 0 Å². The molecule has 1 saturated carbocycles. The third-order valence-electron chi connectivity index (χ3n) is 3.97. The van der Waals surface area contributed by atoms with Crippen LogP contribution in [0.15, 0.2) is 28.8 Å². The summed E-state index contributed by atoms with van der Waals surface area (Å²) >= 11 is 5.95. The van der Waals surface area contributed by atoms with Crippen LogP contribution in [-0.2, 0) is 6.42 Å². The molecule has 1 fully saturated rings. The van der Waals surface area contributed by atoms with E-state index in [-0.39, 0.29) is 17.3 Å². The molecule has 0 spiro atoms. The Balaban J connectivity index is 1.77. The van der Waals surface area contributed by atoms with Gasteiger partial charge in [-0.15, -0.1) is 0 Å². The Morgan fingerprint density at radius 1 is 1.45 bits per heavy atom. The van der Waals surface area contributed by atoms with Gasteiger partial charge in [0.2, 0.25) is 5.89 Å². The van der Waals surface area contributed by atoms with Gasteiger partial charge in [0.1, 0.15) is 0 Å². The molecule has 1 aliphatic carbocycles. The van der Waals surface area contributed by atoms with Crippen LogP contribution in [0.5, 0.6) is 0 Å². The fourth-order valence-electron chi connectivity index (χ4n) is 2.63. The summed E-state index contributed by atoms with van der Waals surface area (Å²) in [5.41, 5.74) is 0.964. The van der Waals surface area contributed by atoms with Crippen molar-refractivity contribution < 1.29 is 4.52 Å². The first kappa shape index (κ1) is 13.1. The lowest BCUT2D eigenvalue weighted by Crippen LogP contribution is -1.93. The molecule has 1 aromatic heterocycles. The highest BCUT2D eigenvalue weighted by Gasteiger charge is 2.62. The van der Waals surface area contributed by atoms with Crippen LogP contribution in [0.2, 0.25) is 5.02 Å². The number of aromatic nitrogens is 2. The first-order valence-corrected chi connectivity index (χ1v) is 6.86. The largest absolute Gasteiger partial charge is 0.339 e. The van der Waals surface area contributed by atoms with Gasteiger partial charge in [0.05, 0.1) is 17.9 Å². The van der Waals surface area contributed by atoms with E-state index in [1.54, 1.807) is 0 Å². The van der Waals surface area contributed by atoms with Crippen LogP contribution in [-0.4, -0.2) is 10.1 Å². The van der Waals surface area contributed by atoms with Crippen molar-refractivity contribution in [2.45, 2.75) is 26.2 Å². The zero-order valence-electron chi connectivity index (χ0n) is 11.3. The molecular weight excluding hydrogens is 274 g/mol. The number of halogens is 1. The molecule has 2 unspecified atom stereocenters. The minimum atomic E-state index is -0.0748. The van der Waals surface area contributed by atoms with Crippen molar-refractivity contribution in [1.29, 1.82) is 5.26 Å².